The molecule has 7 heteroatoms. The van der Waals surface area contributed by atoms with E-state index in [9.17, 15) is 15.4 Å². The minimum Gasteiger partial charge on any atom is -0.258 e. The number of nitriles is 1. The number of nitro groups is 1. The number of nitrogens with zero attached hydrogens (tertiary/aromatic N) is 5. The van der Waals surface area contributed by atoms with E-state index in [-0.39, 0.29) is 5.69 Å². The highest BCUT2D eigenvalue weighted by Crippen LogP contribution is 2.30. The third-order valence-electron chi connectivity index (χ3n) is 3.53. The van der Waals surface area contributed by atoms with Crippen LogP contribution < -0.4 is 0 Å². The van der Waals surface area contributed by atoms with E-state index >= 15 is 0 Å². The van der Waals surface area contributed by atoms with Crippen molar-refractivity contribution in [2.45, 2.75) is 27.7 Å². The van der Waals surface area contributed by atoms with Gasteiger partial charge in [-0.25, -0.2) is 0 Å². The lowest BCUT2D eigenvalue weighted by molar-refractivity contribution is -0.384. The fourth-order valence-corrected chi connectivity index (χ4v) is 2.30. The molecule has 7 nitrogen and oxygen atoms in total. The van der Waals surface area contributed by atoms with Crippen molar-refractivity contribution in [3.05, 3.63) is 56.4 Å². The van der Waals surface area contributed by atoms with Crippen LogP contribution in [0.25, 0.3) is 0 Å². The van der Waals surface area contributed by atoms with Crippen molar-refractivity contribution in [2.24, 2.45) is 10.2 Å². The molecule has 0 unspecified atom stereocenters. The lowest BCUT2D eigenvalue weighted by Gasteiger charge is -2.08. The number of azo groups is 1. The van der Waals surface area contributed by atoms with Crippen LogP contribution in [0.15, 0.2) is 28.4 Å². The van der Waals surface area contributed by atoms with Gasteiger partial charge in [0.25, 0.3) is 5.69 Å². The first-order valence-corrected chi connectivity index (χ1v) is 6.89. The molecule has 0 saturated heterocycles. The fraction of sp³-hybridized carbons (Fsp3) is 0.250. The largest absolute Gasteiger partial charge is 0.269 e. The fourth-order valence-electron chi connectivity index (χ4n) is 2.30. The Morgan fingerprint density at radius 2 is 1.87 bits per heavy atom. The molecule has 0 radical (unpaired) electrons. The summed E-state index contributed by atoms with van der Waals surface area (Å²) >= 11 is 0. The second kappa shape index (κ2) is 6.32. The molecule has 2 aromatic rings. The highest BCUT2D eigenvalue weighted by atomic mass is 16.6. The first-order chi connectivity index (χ1) is 10.8. The average Bonchev–Trinajstić information content (AvgIpc) is 2.48. The number of hydrogen-bond donors (Lipinski definition) is 0. The summed E-state index contributed by atoms with van der Waals surface area (Å²) in [4.78, 5) is 14.6. The molecule has 0 saturated carbocycles. The highest BCUT2D eigenvalue weighted by Gasteiger charge is 2.12. The molecule has 0 fully saturated rings. The van der Waals surface area contributed by atoms with Crippen LogP contribution in [0.2, 0.25) is 0 Å². The van der Waals surface area contributed by atoms with E-state index in [1.165, 1.54) is 12.1 Å². The molecule has 1 heterocycles. The second-order valence-electron chi connectivity index (χ2n) is 5.17. The van der Waals surface area contributed by atoms with Gasteiger partial charge in [-0.15, -0.1) is 5.11 Å². The van der Waals surface area contributed by atoms with E-state index in [0.717, 1.165) is 5.56 Å². The van der Waals surface area contributed by atoms with Gasteiger partial charge in [0.05, 0.1) is 27.6 Å². The van der Waals surface area contributed by atoms with E-state index in [1.807, 2.05) is 0 Å². The number of rotatable bonds is 3. The van der Waals surface area contributed by atoms with E-state index in [0.29, 0.717) is 33.9 Å². The van der Waals surface area contributed by atoms with Crippen molar-refractivity contribution in [1.82, 2.24) is 4.98 Å². The first kappa shape index (κ1) is 16.2. The Morgan fingerprint density at radius 1 is 1.17 bits per heavy atom. The summed E-state index contributed by atoms with van der Waals surface area (Å²) in [5.41, 5.74) is 4.30. The molecule has 23 heavy (non-hydrogen) atoms. The molecule has 0 aliphatic rings. The molecule has 0 N–H and O–H groups in total. The van der Waals surface area contributed by atoms with Crippen molar-refractivity contribution >= 4 is 17.1 Å². The van der Waals surface area contributed by atoms with Gasteiger partial charge in [-0.2, -0.15) is 10.4 Å². The van der Waals surface area contributed by atoms with Crippen LogP contribution in [-0.4, -0.2) is 9.91 Å². The minimum absolute atomic E-state index is 0.0116. The molecule has 0 bridgehead atoms. The zero-order valence-corrected chi connectivity index (χ0v) is 13.3. The lowest BCUT2D eigenvalue weighted by atomic mass is 10.1. The molecule has 116 valence electrons. The number of aryl methyl sites for hydroxylation is 3. The Balaban J connectivity index is 2.46. The Morgan fingerprint density at radius 3 is 2.43 bits per heavy atom. The molecular formula is C16H15N5O2. The second-order valence-corrected chi connectivity index (χ2v) is 5.17. The first-order valence-electron chi connectivity index (χ1n) is 6.89. The van der Waals surface area contributed by atoms with Crippen molar-refractivity contribution in [3.63, 3.8) is 0 Å². The van der Waals surface area contributed by atoms with Gasteiger partial charge in [0.15, 0.2) is 0 Å². The zero-order chi connectivity index (χ0) is 17.1. The maximum atomic E-state index is 10.7. The van der Waals surface area contributed by atoms with E-state index < -0.39 is 4.92 Å². The van der Waals surface area contributed by atoms with Gasteiger partial charge in [-0.1, -0.05) is 0 Å². The summed E-state index contributed by atoms with van der Waals surface area (Å²) in [5.74, 6) is 0. The summed E-state index contributed by atoms with van der Waals surface area (Å²) in [6.45, 7) is 7.12. The molecule has 0 atom stereocenters. The van der Waals surface area contributed by atoms with Crippen LogP contribution in [0.5, 0.6) is 0 Å². The van der Waals surface area contributed by atoms with Crippen LogP contribution in [0, 0.1) is 49.1 Å². The van der Waals surface area contributed by atoms with Gasteiger partial charge in [0, 0.05) is 12.1 Å². The van der Waals surface area contributed by atoms with Gasteiger partial charge < -0.3 is 0 Å². The molecule has 1 aromatic carbocycles. The normalized spacial score (nSPS) is 10.7. The van der Waals surface area contributed by atoms with E-state index in [2.05, 4.69) is 21.3 Å². The predicted molar refractivity (Wildman–Crippen MR) is 85.2 cm³/mol. The molecule has 0 spiro atoms. The molecular weight excluding hydrogens is 294 g/mol. The number of hydrogen-bond acceptors (Lipinski definition) is 6. The SMILES string of the molecule is Cc1cc([N+](=O)[O-])ccc1N=Nc1c(C)nc(C)c(C#N)c1C. The number of benzene rings is 1. The van der Waals surface area contributed by atoms with Crippen LogP contribution in [0.4, 0.5) is 17.1 Å². The van der Waals surface area contributed by atoms with Gasteiger partial charge in [-0.05, 0) is 44.9 Å². The molecule has 2 rings (SSSR count). The average molecular weight is 309 g/mol. The third-order valence-corrected chi connectivity index (χ3v) is 3.53. The molecule has 0 amide bonds. The van der Waals surface area contributed by atoms with E-state index in [1.54, 1.807) is 33.8 Å². The van der Waals surface area contributed by atoms with Crippen LogP contribution in [0.3, 0.4) is 0 Å². The number of non-ortho nitro benzene ring substituents is 1. The highest BCUT2D eigenvalue weighted by molar-refractivity contribution is 5.58. The van der Waals surface area contributed by atoms with Gasteiger partial charge in [0.1, 0.15) is 11.8 Å². The standard InChI is InChI=1S/C16H15N5O2/c1-9-7-13(21(22)23)5-6-15(9)19-20-16-10(2)14(8-17)11(3)18-12(16)4/h5-7H,1-4H3. The monoisotopic (exact) mass is 309 g/mol. The smallest absolute Gasteiger partial charge is 0.258 e. The van der Waals surface area contributed by atoms with Crippen molar-refractivity contribution in [2.75, 3.05) is 0 Å². The van der Waals surface area contributed by atoms with Crippen LogP contribution in [0.1, 0.15) is 28.1 Å². The quantitative estimate of drug-likeness (QED) is 0.472. The number of nitro benzene ring substituents is 1. The Bertz CT molecular complexity index is 866. The molecule has 0 aliphatic carbocycles. The Hall–Kier alpha value is -3.14. The Kier molecular flexibility index (Phi) is 4.46. The third kappa shape index (κ3) is 3.21. The summed E-state index contributed by atoms with van der Waals surface area (Å²) in [6.07, 6.45) is 0. The number of aromatic nitrogens is 1. The van der Waals surface area contributed by atoms with Gasteiger partial charge >= 0.3 is 0 Å². The summed E-state index contributed by atoms with van der Waals surface area (Å²) in [7, 11) is 0. The summed E-state index contributed by atoms with van der Waals surface area (Å²) in [5, 5.41) is 28.3. The maximum Gasteiger partial charge on any atom is 0.269 e. The summed E-state index contributed by atoms with van der Waals surface area (Å²) < 4.78 is 0. The van der Waals surface area contributed by atoms with Crippen molar-refractivity contribution < 1.29 is 4.92 Å². The van der Waals surface area contributed by atoms with E-state index in [4.69, 9.17) is 0 Å². The predicted octanol–water partition coefficient (Wildman–Crippen LogP) is 4.51. The van der Waals surface area contributed by atoms with Gasteiger partial charge in [-0.3, -0.25) is 15.1 Å². The van der Waals surface area contributed by atoms with Crippen molar-refractivity contribution in [1.29, 1.82) is 5.26 Å². The lowest BCUT2D eigenvalue weighted by Crippen LogP contribution is -1.96. The molecule has 0 aliphatic heterocycles. The minimum atomic E-state index is -0.453. The number of pyridine rings is 1. The zero-order valence-electron chi connectivity index (χ0n) is 13.3. The van der Waals surface area contributed by atoms with Crippen LogP contribution >= 0.6 is 0 Å². The molecule has 1 aromatic heterocycles. The van der Waals surface area contributed by atoms with Crippen molar-refractivity contribution in [3.8, 4) is 6.07 Å². The summed E-state index contributed by atoms with van der Waals surface area (Å²) in [6, 6.07) is 6.50. The van der Waals surface area contributed by atoms with Crippen LogP contribution in [-0.2, 0) is 0 Å². The topological polar surface area (TPSA) is 105 Å². The van der Waals surface area contributed by atoms with Gasteiger partial charge in [0.2, 0.25) is 0 Å². The maximum absolute atomic E-state index is 10.7. The Labute approximate surface area is 133 Å².